The number of primary amides is 1. The maximum absolute atomic E-state index is 11.4. The molecule has 196 valence electrons. The molecule has 7 heteroatoms. The molecule has 3 aromatic carbocycles. The summed E-state index contributed by atoms with van der Waals surface area (Å²) in [6.07, 6.45) is 0.837. The van der Waals surface area contributed by atoms with Gasteiger partial charge in [-0.1, -0.05) is 63.2 Å². The van der Waals surface area contributed by atoms with Crippen LogP contribution in [0.15, 0.2) is 66.7 Å². The number of hydrogen-bond acceptors (Lipinski definition) is 4. The molecule has 0 radical (unpaired) electrons. The lowest BCUT2D eigenvalue weighted by Crippen LogP contribution is -2.32. The molecule has 7 nitrogen and oxygen atoms in total. The predicted molar refractivity (Wildman–Crippen MR) is 153 cm³/mol. The van der Waals surface area contributed by atoms with Crippen molar-refractivity contribution >= 4 is 17.4 Å². The Morgan fingerprint density at radius 3 is 2.45 bits per heavy atom. The van der Waals surface area contributed by atoms with Gasteiger partial charge in [0.1, 0.15) is 11.4 Å². The molecule has 0 atom stereocenters. The molecule has 38 heavy (non-hydrogen) atoms. The molecule has 0 saturated heterocycles. The number of nitrogens with one attached hydrogen (secondary N) is 1. The van der Waals surface area contributed by atoms with Crippen LogP contribution in [0, 0.1) is 6.92 Å². The van der Waals surface area contributed by atoms with Gasteiger partial charge in [0.15, 0.2) is 0 Å². The molecule has 1 aliphatic heterocycles. The van der Waals surface area contributed by atoms with Gasteiger partial charge in [-0.2, -0.15) is 5.10 Å². The molecule has 0 aliphatic carbocycles. The molecule has 1 aromatic heterocycles. The van der Waals surface area contributed by atoms with Crippen LogP contribution < -0.4 is 20.7 Å². The Morgan fingerprint density at radius 2 is 1.76 bits per heavy atom. The summed E-state index contributed by atoms with van der Waals surface area (Å²) in [5.74, 6) is 0.771. The molecule has 0 saturated carbocycles. The van der Waals surface area contributed by atoms with Crippen LogP contribution in [-0.4, -0.2) is 29.5 Å². The highest BCUT2D eigenvalue weighted by molar-refractivity contribution is 5.88. The lowest BCUT2D eigenvalue weighted by Gasteiger charge is -2.34. The normalized spacial score (nSPS) is 13.2. The van der Waals surface area contributed by atoms with Crippen molar-refractivity contribution in [3.63, 3.8) is 0 Å². The summed E-state index contributed by atoms with van der Waals surface area (Å²) >= 11 is 0. The minimum atomic E-state index is -0.585. The average molecular weight is 510 g/mol. The van der Waals surface area contributed by atoms with E-state index in [0.29, 0.717) is 5.69 Å². The Balaban J connectivity index is 1.67. The summed E-state index contributed by atoms with van der Waals surface area (Å²) < 4.78 is 7.81. The van der Waals surface area contributed by atoms with E-state index < -0.39 is 6.03 Å². The highest BCUT2D eigenvalue weighted by atomic mass is 16.5. The zero-order chi connectivity index (χ0) is 27.0. The predicted octanol–water partition coefficient (Wildman–Crippen LogP) is 6.21. The quantitative estimate of drug-likeness (QED) is 0.335. The van der Waals surface area contributed by atoms with Crippen molar-refractivity contribution in [2.75, 3.05) is 23.9 Å². The molecule has 2 amide bonds. The smallest absolute Gasteiger partial charge is 0.316 e. The van der Waals surface area contributed by atoms with E-state index in [0.717, 1.165) is 53.5 Å². The van der Waals surface area contributed by atoms with Gasteiger partial charge in [0.25, 0.3) is 0 Å². The number of anilines is 2. The average Bonchev–Trinajstić information content (AvgIpc) is 3.26. The monoisotopic (exact) mass is 509 g/mol. The van der Waals surface area contributed by atoms with E-state index in [1.54, 1.807) is 7.11 Å². The van der Waals surface area contributed by atoms with Crippen LogP contribution >= 0.6 is 0 Å². The first-order valence-electron chi connectivity index (χ1n) is 12.9. The molecule has 0 fully saturated rings. The standard InChI is InChI=1S/C31H35N5O2/c1-20-9-8-12-27(38-5)28(20)36-29(21-13-15-22(16-14-21)33-30(32)37)23-19-35(18-17-25(23)34-36)26-11-7-6-10-24(26)31(2,3)4/h6-16H,17-19H2,1-5H3,(H3,32,33,37). The van der Waals surface area contributed by atoms with Crippen LogP contribution in [0.3, 0.4) is 0 Å². The number of ether oxygens (including phenoxy) is 1. The Labute approximate surface area is 224 Å². The molecular formula is C31H35N5O2. The van der Waals surface area contributed by atoms with Crippen molar-refractivity contribution in [1.29, 1.82) is 0 Å². The number of nitrogens with two attached hydrogens (primary N) is 1. The molecule has 1 aliphatic rings. The van der Waals surface area contributed by atoms with Crippen LogP contribution in [0.4, 0.5) is 16.2 Å². The number of fused-ring (bicyclic) bond motifs is 1. The SMILES string of the molecule is COc1cccc(C)c1-n1nc2c(c1-c1ccc(NC(N)=O)cc1)CN(c1ccccc1C(C)(C)C)CC2. The highest BCUT2D eigenvalue weighted by Gasteiger charge is 2.30. The first kappa shape index (κ1) is 25.4. The maximum atomic E-state index is 11.4. The molecule has 0 spiro atoms. The van der Waals surface area contributed by atoms with E-state index in [2.05, 4.69) is 68.2 Å². The summed E-state index contributed by atoms with van der Waals surface area (Å²) in [7, 11) is 1.69. The van der Waals surface area contributed by atoms with Crippen molar-refractivity contribution in [1.82, 2.24) is 9.78 Å². The summed E-state index contributed by atoms with van der Waals surface area (Å²) in [5, 5.41) is 7.81. The van der Waals surface area contributed by atoms with E-state index in [9.17, 15) is 4.79 Å². The van der Waals surface area contributed by atoms with E-state index >= 15 is 0 Å². The lowest BCUT2D eigenvalue weighted by molar-refractivity contribution is 0.259. The van der Waals surface area contributed by atoms with Crippen molar-refractivity contribution in [3.8, 4) is 22.7 Å². The van der Waals surface area contributed by atoms with Crippen LogP contribution in [0.25, 0.3) is 16.9 Å². The first-order chi connectivity index (χ1) is 18.2. The summed E-state index contributed by atoms with van der Waals surface area (Å²) in [6.45, 7) is 10.5. The van der Waals surface area contributed by atoms with Gasteiger partial charge >= 0.3 is 6.03 Å². The molecule has 0 unspecified atom stereocenters. The summed E-state index contributed by atoms with van der Waals surface area (Å²) in [5.41, 5.74) is 14.9. The van der Waals surface area contributed by atoms with Crippen LogP contribution in [-0.2, 0) is 18.4 Å². The molecule has 2 heterocycles. The van der Waals surface area contributed by atoms with Crippen molar-refractivity contribution in [2.24, 2.45) is 5.73 Å². The van der Waals surface area contributed by atoms with Gasteiger partial charge in [0.05, 0.1) is 18.5 Å². The van der Waals surface area contributed by atoms with E-state index in [1.165, 1.54) is 16.8 Å². The molecular weight excluding hydrogens is 474 g/mol. The van der Waals surface area contributed by atoms with Crippen molar-refractivity contribution in [2.45, 2.75) is 46.1 Å². The van der Waals surface area contributed by atoms with Crippen LogP contribution in [0.5, 0.6) is 5.75 Å². The lowest BCUT2D eigenvalue weighted by atomic mass is 9.85. The fourth-order valence-corrected chi connectivity index (χ4v) is 5.34. The molecule has 4 aromatic rings. The Bertz CT molecular complexity index is 1480. The summed E-state index contributed by atoms with van der Waals surface area (Å²) in [6, 6.07) is 21.9. The number of aromatic nitrogens is 2. The number of aryl methyl sites for hydroxylation is 1. The second-order valence-corrected chi connectivity index (χ2v) is 10.8. The van der Waals surface area contributed by atoms with Crippen LogP contribution in [0.1, 0.15) is 43.2 Å². The Kier molecular flexibility index (Phi) is 6.61. The van der Waals surface area contributed by atoms with E-state index in [1.807, 2.05) is 41.1 Å². The van der Waals surface area contributed by atoms with Crippen molar-refractivity contribution < 1.29 is 9.53 Å². The number of para-hydroxylation sites is 2. The third-order valence-electron chi connectivity index (χ3n) is 7.15. The van der Waals surface area contributed by atoms with Gasteiger partial charge in [-0.05, 0) is 47.7 Å². The molecule has 3 N–H and O–H groups in total. The minimum Gasteiger partial charge on any atom is -0.494 e. The summed E-state index contributed by atoms with van der Waals surface area (Å²) in [4.78, 5) is 13.8. The zero-order valence-electron chi connectivity index (χ0n) is 22.7. The van der Waals surface area contributed by atoms with Gasteiger partial charge in [-0.25, -0.2) is 9.48 Å². The second-order valence-electron chi connectivity index (χ2n) is 10.8. The number of amides is 2. The third kappa shape index (κ3) is 4.72. The van der Waals surface area contributed by atoms with Gasteiger partial charge in [-0.3, -0.25) is 0 Å². The molecule has 5 rings (SSSR count). The highest BCUT2D eigenvalue weighted by Crippen LogP contribution is 2.39. The Morgan fingerprint density at radius 1 is 1.03 bits per heavy atom. The number of nitrogens with zero attached hydrogens (tertiary/aromatic N) is 3. The number of benzene rings is 3. The second kappa shape index (κ2) is 9.89. The minimum absolute atomic E-state index is 0.0294. The third-order valence-corrected chi connectivity index (χ3v) is 7.15. The van der Waals surface area contributed by atoms with E-state index in [4.69, 9.17) is 15.6 Å². The van der Waals surface area contributed by atoms with Gasteiger partial charge in [0, 0.05) is 42.0 Å². The first-order valence-corrected chi connectivity index (χ1v) is 12.9. The number of methoxy groups -OCH3 is 1. The maximum Gasteiger partial charge on any atom is 0.316 e. The van der Waals surface area contributed by atoms with Crippen LogP contribution in [0.2, 0.25) is 0 Å². The van der Waals surface area contributed by atoms with Gasteiger partial charge in [-0.15, -0.1) is 0 Å². The van der Waals surface area contributed by atoms with Gasteiger partial charge in [0.2, 0.25) is 0 Å². The molecule has 0 bridgehead atoms. The number of hydrogen-bond donors (Lipinski definition) is 2. The number of carbonyl (C=O) groups is 1. The Hall–Kier alpha value is -4.26. The number of rotatable bonds is 5. The van der Waals surface area contributed by atoms with Gasteiger partial charge < -0.3 is 20.7 Å². The van der Waals surface area contributed by atoms with Crippen molar-refractivity contribution in [3.05, 3.63) is 89.1 Å². The number of carbonyl (C=O) groups excluding carboxylic acids is 1. The topological polar surface area (TPSA) is 85.4 Å². The van der Waals surface area contributed by atoms with E-state index in [-0.39, 0.29) is 5.41 Å². The number of urea groups is 1. The largest absolute Gasteiger partial charge is 0.494 e. The fourth-order valence-electron chi connectivity index (χ4n) is 5.34. The fraction of sp³-hybridized carbons (Fsp3) is 0.290. The zero-order valence-corrected chi connectivity index (χ0v) is 22.7.